The van der Waals surface area contributed by atoms with E-state index in [1.165, 1.54) is 12.1 Å². The SMILES string of the molecule is CN(C)c1ccc(Nc2cc(C(=O)O)cc(Cl)n2)cc1. The highest BCUT2D eigenvalue weighted by Crippen LogP contribution is 2.21. The molecule has 0 fully saturated rings. The van der Waals surface area contributed by atoms with E-state index in [0.717, 1.165) is 11.4 Å². The van der Waals surface area contributed by atoms with Crippen LogP contribution in [0.3, 0.4) is 0 Å². The van der Waals surface area contributed by atoms with Crippen LogP contribution in [0.1, 0.15) is 10.4 Å². The number of hydrogen-bond acceptors (Lipinski definition) is 4. The van der Waals surface area contributed by atoms with Crippen LogP contribution in [0.15, 0.2) is 36.4 Å². The highest BCUT2D eigenvalue weighted by atomic mass is 35.5. The van der Waals surface area contributed by atoms with Crippen LogP contribution in [-0.2, 0) is 0 Å². The van der Waals surface area contributed by atoms with Gasteiger partial charge in [0.25, 0.3) is 0 Å². The maximum atomic E-state index is 11.0. The monoisotopic (exact) mass is 291 g/mol. The molecule has 20 heavy (non-hydrogen) atoms. The zero-order valence-electron chi connectivity index (χ0n) is 11.1. The van der Waals surface area contributed by atoms with Crippen LogP contribution < -0.4 is 10.2 Å². The van der Waals surface area contributed by atoms with Gasteiger partial charge in [0.2, 0.25) is 0 Å². The second-order valence-corrected chi connectivity index (χ2v) is 4.82. The molecule has 0 aliphatic rings. The van der Waals surface area contributed by atoms with E-state index in [9.17, 15) is 4.79 Å². The van der Waals surface area contributed by atoms with Gasteiger partial charge in [-0.15, -0.1) is 0 Å². The van der Waals surface area contributed by atoms with Crippen LogP contribution in [0, 0.1) is 0 Å². The molecule has 0 radical (unpaired) electrons. The number of halogens is 1. The molecule has 2 N–H and O–H groups in total. The second-order valence-electron chi connectivity index (χ2n) is 4.44. The summed E-state index contributed by atoms with van der Waals surface area (Å²) in [6, 6.07) is 10.4. The third-order valence-corrected chi connectivity index (χ3v) is 2.89. The lowest BCUT2D eigenvalue weighted by Crippen LogP contribution is -2.08. The smallest absolute Gasteiger partial charge is 0.335 e. The molecule has 2 rings (SSSR count). The fraction of sp³-hybridized carbons (Fsp3) is 0.143. The van der Waals surface area contributed by atoms with Gasteiger partial charge in [-0.1, -0.05) is 11.6 Å². The molecule has 1 heterocycles. The van der Waals surface area contributed by atoms with Crippen molar-refractivity contribution in [3.05, 3.63) is 47.1 Å². The third-order valence-electron chi connectivity index (χ3n) is 2.70. The summed E-state index contributed by atoms with van der Waals surface area (Å²) in [6.45, 7) is 0. The van der Waals surface area contributed by atoms with Gasteiger partial charge in [0.05, 0.1) is 5.56 Å². The summed E-state index contributed by atoms with van der Waals surface area (Å²) in [6.07, 6.45) is 0. The summed E-state index contributed by atoms with van der Waals surface area (Å²) in [5, 5.41) is 12.1. The van der Waals surface area contributed by atoms with Crippen molar-refractivity contribution in [2.45, 2.75) is 0 Å². The molecule has 0 saturated heterocycles. The average molecular weight is 292 g/mol. The Balaban J connectivity index is 2.23. The summed E-state index contributed by atoms with van der Waals surface area (Å²) < 4.78 is 0. The fourth-order valence-corrected chi connectivity index (χ4v) is 1.88. The Morgan fingerprint density at radius 2 is 1.90 bits per heavy atom. The van der Waals surface area contributed by atoms with E-state index in [2.05, 4.69) is 10.3 Å². The summed E-state index contributed by atoms with van der Waals surface area (Å²) in [5.41, 5.74) is 1.97. The Bertz CT molecular complexity index is 627. The number of carboxylic acid groups (broad SMARTS) is 1. The van der Waals surface area contributed by atoms with E-state index >= 15 is 0 Å². The van der Waals surface area contributed by atoms with Gasteiger partial charge < -0.3 is 15.3 Å². The van der Waals surface area contributed by atoms with Crippen LogP contribution >= 0.6 is 11.6 Å². The molecular weight excluding hydrogens is 278 g/mol. The highest BCUT2D eigenvalue weighted by molar-refractivity contribution is 6.29. The predicted molar refractivity (Wildman–Crippen MR) is 80.3 cm³/mol. The van der Waals surface area contributed by atoms with Crippen molar-refractivity contribution in [1.29, 1.82) is 0 Å². The first-order chi connectivity index (χ1) is 9.45. The minimum Gasteiger partial charge on any atom is -0.478 e. The normalized spacial score (nSPS) is 10.2. The number of hydrogen-bond donors (Lipinski definition) is 2. The van der Waals surface area contributed by atoms with Crippen LogP contribution in [0.5, 0.6) is 0 Å². The number of nitrogens with zero attached hydrogens (tertiary/aromatic N) is 2. The van der Waals surface area contributed by atoms with Crippen molar-refractivity contribution in [3.63, 3.8) is 0 Å². The van der Waals surface area contributed by atoms with Gasteiger partial charge in [-0.25, -0.2) is 9.78 Å². The molecule has 0 atom stereocenters. The molecule has 1 aromatic heterocycles. The van der Waals surface area contributed by atoms with E-state index in [-0.39, 0.29) is 10.7 Å². The quantitative estimate of drug-likeness (QED) is 0.847. The lowest BCUT2D eigenvalue weighted by Gasteiger charge is -2.13. The number of nitrogens with one attached hydrogen (secondary N) is 1. The van der Waals surface area contributed by atoms with E-state index in [1.54, 1.807) is 0 Å². The third kappa shape index (κ3) is 3.39. The Labute approximate surface area is 121 Å². The van der Waals surface area contributed by atoms with Gasteiger partial charge in [0.1, 0.15) is 11.0 Å². The number of rotatable bonds is 4. The minimum absolute atomic E-state index is 0.0948. The number of carboxylic acids is 1. The maximum Gasteiger partial charge on any atom is 0.335 e. The average Bonchev–Trinajstić information content (AvgIpc) is 2.38. The first-order valence-electron chi connectivity index (χ1n) is 5.91. The fourth-order valence-electron chi connectivity index (χ4n) is 1.68. The van der Waals surface area contributed by atoms with Gasteiger partial charge >= 0.3 is 5.97 Å². The van der Waals surface area contributed by atoms with E-state index < -0.39 is 5.97 Å². The van der Waals surface area contributed by atoms with E-state index in [4.69, 9.17) is 16.7 Å². The molecule has 0 amide bonds. The van der Waals surface area contributed by atoms with Crippen LogP contribution in [-0.4, -0.2) is 30.2 Å². The zero-order valence-corrected chi connectivity index (χ0v) is 11.8. The molecule has 104 valence electrons. The lowest BCUT2D eigenvalue weighted by molar-refractivity contribution is 0.0697. The number of carbonyl (C=O) groups is 1. The van der Waals surface area contributed by atoms with Crippen molar-refractivity contribution < 1.29 is 9.90 Å². The topological polar surface area (TPSA) is 65.5 Å². The van der Waals surface area contributed by atoms with Gasteiger partial charge in [-0.3, -0.25) is 0 Å². The van der Waals surface area contributed by atoms with Crippen LogP contribution in [0.2, 0.25) is 5.15 Å². The van der Waals surface area contributed by atoms with Crippen LogP contribution in [0.25, 0.3) is 0 Å². The molecule has 5 nitrogen and oxygen atoms in total. The Kier molecular flexibility index (Phi) is 4.10. The first kappa shape index (κ1) is 14.1. The molecule has 1 aromatic carbocycles. The largest absolute Gasteiger partial charge is 0.478 e. The zero-order chi connectivity index (χ0) is 14.7. The second kappa shape index (κ2) is 5.79. The van der Waals surface area contributed by atoms with Gasteiger partial charge in [-0.05, 0) is 36.4 Å². The van der Waals surface area contributed by atoms with Gasteiger partial charge in [-0.2, -0.15) is 0 Å². The number of aromatic nitrogens is 1. The van der Waals surface area contributed by atoms with Gasteiger partial charge in [0, 0.05) is 25.5 Å². The summed E-state index contributed by atoms with van der Waals surface area (Å²) in [5.74, 6) is -0.646. The van der Waals surface area contributed by atoms with E-state index in [0.29, 0.717) is 5.82 Å². The minimum atomic E-state index is -1.04. The number of pyridine rings is 1. The lowest BCUT2D eigenvalue weighted by atomic mass is 10.2. The predicted octanol–water partition coefficient (Wildman–Crippen LogP) is 3.24. The van der Waals surface area contributed by atoms with Crippen molar-refractivity contribution in [3.8, 4) is 0 Å². The van der Waals surface area contributed by atoms with Gasteiger partial charge in [0.15, 0.2) is 0 Å². The number of aromatic carboxylic acids is 1. The Hall–Kier alpha value is -2.27. The molecule has 0 aliphatic heterocycles. The number of anilines is 3. The molecule has 6 heteroatoms. The van der Waals surface area contributed by atoms with Crippen molar-refractivity contribution >= 4 is 34.8 Å². The molecule has 0 saturated carbocycles. The molecule has 0 bridgehead atoms. The number of benzene rings is 1. The molecule has 0 aliphatic carbocycles. The van der Waals surface area contributed by atoms with Crippen molar-refractivity contribution in [2.75, 3.05) is 24.3 Å². The Morgan fingerprint density at radius 3 is 2.45 bits per heavy atom. The summed E-state index contributed by atoms with van der Waals surface area (Å²) in [7, 11) is 3.92. The summed E-state index contributed by atoms with van der Waals surface area (Å²) in [4.78, 5) is 17.0. The van der Waals surface area contributed by atoms with Crippen molar-refractivity contribution in [2.24, 2.45) is 0 Å². The Morgan fingerprint density at radius 1 is 1.25 bits per heavy atom. The first-order valence-corrected chi connectivity index (χ1v) is 6.29. The summed E-state index contributed by atoms with van der Waals surface area (Å²) >= 11 is 5.81. The van der Waals surface area contributed by atoms with E-state index in [1.807, 2.05) is 43.3 Å². The molecule has 0 unspecified atom stereocenters. The maximum absolute atomic E-state index is 11.0. The molecule has 0 spiro atoms. The highest BCUT2D eigenvalue weighted by Gasteiger charge is 2.07. The molecular formula is C14H14ClN3O2. The standard InChI is InChI=1S/C14H14ClN3O2/c1-18(2)11-5-3-10(4-6-11)16-13-8-9(14(19)20)7-12(15)17-13/h3-8H,1-2H3,(H,16,17)(H,19,20). The molecule has 2 aromatic rings. The van der Waals surface area contributed by atoms with Crippen LogP contribution in [0.4, 0.5) is 17.2 Å². The van der Waals surface area contributed by atoms with Crippen molar-refractivity contribution in [1.82, 2.24) is 4.98 Å².